The van der Waals surface area contributed by atoms with Crippen molar-refractivity contribution in [2.24, 2.45) is 0 Å². The Morgan fingerprint density at radius 3 is 2.95 bits per heavy atom. The van der Waals surface area contributed by atoms with E-state index < -0.39 is 0 Å². The van der Waals surface area contributed by atoms with E-state index in [1.54, 1.807) is 0 Å². The molecule has 1 atom stereocenters. The lowest BCUT2D eigenvalue weighted by Gasteiger charge is -2.47. The number of nitrogens with zero attached hydrogens (tertiary/aromatic N) is 1. The lowest BCUT2D eigenvalue weighted by atomic mass is 9.91. The van der Waals surface area contributed by atoms with E-state index in [1.165, 1.54) is 25.7 Å². The third kappa shape index (κ3) is 3.61. The lowest BCUT2D eigenvalue weighted by Crippen LogP contribution is -2.63. The van der Waals surface area contributed by atoms with Crippen molar-refractivity contribution in [3.05, 3.63) is 28.7 Å². The summed E-state index contributed by atoms with van der Waals surface area (Å²) in [5.74, 6) is 0.952. The van der Waals surface area contributed by atoms with Crippen molar-refractivity contribution in [3.8, 4) is 5.75 Å². The molecule has 116 valence electrons. The van der Waals surface area contributed by atoms with Crippen LogP contribution in [0, 0.1) is 0 Å². The predicted octanol–water partition coefficient (Wildman–Crippen LogP) is 3.43. The fraction of sp³-hybridized carbons (Fsp3) is 0.647. The molecular formula is C17H25BrN2O. The van der Waals surface area contributed by atoms with Gasteiger partial charge >= 0.3 is 0 Å². The first kappa shape index (κ1) is 15.3. The average Bonchev–Trinajstić information content (AvgIpc) is 2.93. The molecule has 0 aromatic heterocycles. The molecule has 0 bridgehead atoms. The molecule has 3 rings (SSSR count). The maximum atomic E-state index is 5.94. The maximum absolute atomic E-state index is 5.94. The van der Waals surface area contributed by atoms with E-state index in [2.05, 4.69) is 33.1 Å². The molecular weight excluding hydrogens is 328 g/mol. The lowest BCUT2D eigenvalue weighted by molar-refractivity contribution is 0.0352. The Morgan fingerprint density at radius 2 is 2.19 bits per heavy atom. The summed E-state index contributed by atoms with van der Waals surface area (Å²) in [5, 5.41) is 3.67. The van der Waals surface area contributed by atoms with Crippen molar-refractivity contribution in [1.82, 2.24) is 10.2 Å². The van der Waals surface area contributed by atoms with Crippen LogP contribution in [0.1, 0.15) is 32.6 Å². The van der Waals surface area contributed by atoms with Gasteiger partial charge in [-0.25, -0.2) is 0 Å². The topological polar surface area (TPSA) is 24.5 Å². The second-order valence-electron chi connectivity index (χ2n) is 6.47. The number of halogens is 1. The van der Waals surface area contributed by atoms with Gasteiger partial charge in [-0.15, -0.1) is 0 Å². The van der Waals surface area contributed by atoms with Gasteiger partial charge in [0.2, 0.25) is 0 Å². The van der Waals surface area contributed by atoms with E-state index in [0.717, 1.165) is 36.5 Å². The molecule has 1 saturated carbocycles. The van der Waals surface area contributed by atoms with Crippen LogP contribution in [0.15, 0.2) is 28.7 Å². The van der Waals surface area contributed by atoms with E-state index in [-0.39, 0.29) is 0 Å². The monoisotopic (exact) mass is 352 g/mol. The summed E-state index contributed by atoms with van der Waals surface area (Å²) < 4.78 is 7.01. The number of hydrogen-bond donors (Lipinski definition) is 1. The summed E-state index contributed by atoms with van der Waals surface area (Å²) >= 11 is 3.49. The molecule has 4 heteroatoms. The number of piperazine rings is 1. The van der Waals surface area contributed by atoms with Gasteiger partial charge < -0.3 is 10.1 Å². The van der Waals surface area contributed by atoms with Gasteiger partial charge in [-0.1, -0.05) is 34.8 Å². The molecule has 1 N–H and O–H groups in total. The zero-order chi connectivity index (χ0) is 14.7. The zero-order valence-electron chi connectivity index (χ0n) is 12.8. The summed E-state index contributed by atoms with van der Waals surface area (Å²) in [6, 6.07) is 8.69. The Morgan fingerprint density at radius 1 is 1.38 bits per heavy atom. The fourth-order valence-electron chi connectivity index (χ4n) is 3.75. The Hall–Kier alpha value is -0.580. The SMILES string of the molecule is CC1CN(CCOc2cccc(Br)c2)C2(CCCC2)CN1. The quantitative estimate of drug-likeness (QED) is 0.898. The Balaban J connectivity index is 1.57. The Bertz CT molecular complexity index is 474. The molecule has 1 saturated heterocycles. The van der Waals surface area contributed by atoms with Gasteiger partial charge in [-0.2, -0.15) is 0 Å². The molecule has 1 aliphatic carbocycles. The van der Waals surface area contributed by atoms with Crippen LogP contribution < -0.4 is 10.1 Å². The van der Waals surface area contributed by atoms with Gasteiger partial charge in [0.05, 0.1) is 0 Å². The number of hydrogen-bond acceptors (Lipinski definition) is 3. The zero-order valence-corrected chi connectivity index (χ0v) is 14.4. The van der Waals surface area contributed by atoms with Crippen molar-refractivity contribution in [2.45, 2.75) is 44.2 Å². The highest BCUT2D eigenvalue weighted by Gasteiger charge is 2.42. The maximum Gasteiger partial charge on any atom is 0.120 e. The van der Waals surface area contributed by atoms with Gasteiger partial charge in [0.1, 0.15) is 12.4 Å². The highest BCUT2D eigenvalue weighted by atomic mass is 79.9. The molecule has 1 aliphatic heterocycles. The molecule has 21 heavy (non-hydrogen) atoms. The third-order valence-corrected chi connectivity index (χ3v) is 5.40. The van der Waals surface area contributed by atoms with Crippen molar-refractivity contribution in [2.75, 3.05) is 26.2 Å². The van der Waals surface area contributed by atoms with Crippen molar-refractivity contribution in [3.63, 3.8) is 0 Å². The normalized spacial score (nSPS) is 25.3. The molecule has 3 nitrogen and oxygen atoms in total. The Labute approximate surface area is 136 Å². The Kier molecular flexibility index (Phi) is 4.87. The van der Waals surface area contributed by atoms with Gasteiger partial charge in [-0.3, -0.25) is 4.90 Å². The molecule has 0 radical (unpaired) electrons. The van der Waals surface area contributed by atoms with Crippen molar-refractivity contribution in [1.29, 1.82) is 0 Å². The van der Waals surface area contributed by atoms with Crippen molar-refractivity contribution < 1.29 is 4.74 Å². The number of benzene rings is 1. The van der Waals surface area contributed by atoms with E-state index >= 15 is 0 Å². The third-order valence-electron chi connectivity index (χ3n) is 4.90. The summed E-state index contributed by atoms with van der Waals surface area (Å²) in [4.78, 5) is 2.68. The molecule has 2 fully saturated rings. The molecule has 1 heterocycles. The minimum absolute atomic E-state index is 0.396. The number of nitrogens with one attached hydrogen (secondary N) is 1. The molecule has 1 spiro atoms. The van der Waals surface area contributed by atoms with Crippen LogP contribution in [0.3, 0.4) is 0 Å². The number of rotatable bonds is 4. The predicted molar refractivity (Wildman–Crippen MR) is 89.9 cm³/mol. The second-order valence-corrected chi connectivity index (χ2v) is 7.38. The molecule has 0 amide bonds. The van der Waals surface area contributed by atoms with Gasteiger partial charge in [0.15, 0.2) is 0 Å². The van der Waals surface area contributed by atoms with Crippen LogP contribution in [0.5, 0.6) is 5.75 Å². The standard InChI is InChI=1S/C17H25BrN2O/c1-14-12-20(17(13-19-14)7-2-3-8-17)9-10-21-16-6-4-5-15(18)11-16/h4-6,11,14,19H,2-3,7-10,12-13H2,1H3. The van der Waals surface area contributed by atoms with Crippen LogP contribution in [-0.2, 0) is 0 Å². The summed E-state index contributed by atoms with van der Waals surface area (Å²) in [6.07, 6.45) is 5.42. The van der Waals surface area contributed by atoms with Gasteiger partial charge in [0, 0.05) is 35.7 Å². The highest BCUT2D eigenvalue weighted by Crippen LogP contribution is 2.36. The smallest absolute Gasteiger partial charge is 0.120 e. The van der Waals surface area contributed by atoms with Crippen molar-refractivity contribution >= 4 is 15.9 Å². The van der Waals surface area contributed by atoms with E-state index in [9.17, 15) is 0 Å². The van der Waals surface area contributed by atoms with Crippen LogP contribution in [0.25, 0.3) is 0 Å². The molecule has 2 aliphatic rings. The summed E-state index contributed by atoms with van der Waals surface area (Å²) in [7, 11) is 0. The van der Waals surface area contributed by atoms with Crippen LogP contribution >= 0.6 is 15.9 Å². The first-order valence-corrected chi connectivity index (χ1v) is 8.84. The van der Waals surface area contributed by atoms with Gasteiger partial charge in [0.25, 0.3) is 0 Å². The van der Waals surface area contributed by atoms with Gasteiger partial charge in [-0.05, 0) is 38.0 Å². The minimum Gasteiger partial charge on any atom is -0.492 e. The average molecular weight is 353 g/mol. The highest BCUT2D eigenvalue weighted by molar-refractivity contribution is 9.10. The summed E-state index contributed by atoms with van der Waals surface area (Å²) in [5.41, 5.74) is 0.396. The largest absolute Gasteiger partial charge is 0.492 e. The number of ether oxygens (including phenoxy) is 1. The van der Waals surface area contributed by atoms with E-state index in [1.807, 2.05) is 24.3 Å². The van der Waals surface area contributed by atoms with E-state index in [4.69, 9.17) is 4.74 Å². The first-order chi connectivity index (χ1) is 10.2. The van der Waals surface area contributed by atoms with Crippen LogP contribution in [0.4, 0.5) is 0 Å². The first-order valence-electron chi connectivity index (χ1n) is 8.05. The van der Waals surface area contributed by atoms with E-state index in [0.29, 0.717) is 11.6 Å². The van der Waals surface area contributed by atoms with Crippen LogP contribution in [0.2, 0.25) is 0 Å². The molecule has 1 aromatic rings. The molecule has 1 aromatic carbocycles. The minimum atomic E-state index is 0.396. The van der Waals surface area contributed by atoms with Crippen LogP contribution in [-0.4, -0.2) is 42.7 Å². The summed E-state index contributed by atoms with van der Waals surface area (Å²) in [6.45, 7) is 6.36. The fourth-order valence-corrected chi connectivity index (χ4v) is 4.13. The second kappa shape index (κ2) is 6.67. The molecule has 1 unspecified atom stereocenters.